The molecule has 2 aromatic carbocycles. The number of imidazole rings is 1. The Bertz CT molecular complexity index is 1370. The molecule has 4 rings (SSSR count). The molecule has 2 heterocycles. The number of methoxy groups -OCH3 is 1. The van der Waals surface area contributed by atoms with Crippen LogP contribution in [0.3, 0.4) is 0 Å². The van der Waals surface area contributed by atoms with Gasteiger partial charge in [0, 0.05) is 24.7 Å². The second-order valence-electron chi connectivity index (χ2n) is 8.74. The van der Waals surface area contributed by atoms with Crippen molar-refractivity contribution in [2.45, 2.75) is 43.9 Å². The van der Waals surface area contributed by atoms with Crippen molar-refractivity contribution in [3.05, 3.63) is 70.9 Å². The van der Waals surface area contributed by atoms with Gasteiger partial charge in [-0.05, 0) is 41.0 Å². The summed E-state index contributed by atoms with van der Waals surface area (Å²) in [4.78, 5) is 8.82. The standard InChI is InChI=1S/C27H28F3N3O2S/c1-16(2)17-7-9-18(10-8-17)25-32-23-22(27(28,29)30)20(14-19-6-5-11-31-26(19)36-4)15-21(35-3)24(23)33(25)12-13-34/h5-11,15-16,34H,12-14H2,1-4H3. The molecule has 0 saturated heterocycles. The number of hydrogen-bond acceptors (Lipinski definition) is 5. The summed E-state index contributed by atoms with van der Waals surface area (Å²) in [5, 5.41) is 10.4. The van der Waals surface area contributed by atoms with Crippen LogP contribution in [0.5, 0.6) is 5.75 Å². The molecule has 0 unspecified atom stereocenters. The van der Waals surface area contributed by atoms with E-state index in [1.54, 1.807) is 22.9 Å². The van der Waals surface area contributed by atoms with Gasteiger partial charge in [-0.25, -0.2) is 9.97 Å². The third kappa shape index (κ3) is 4.95. The lowest BCUT2D eigenvalue weighted by molar-refractivity contribution is -0.137. The Kier molecular flexibility index (Phi) is 7.61. The number of aliphatic hydroxyl groups excluding tert-OH is 1. The molecular weight excluding hydrogens is 487 g/mol. The highest BCUT2D eigenvalue weighted by molar-refractivity contribution is 7.98. The highest BCUT2D eigenvalue weighted by atomic mass is 32.2. The highest BCUT2D eigenvalue weighted by Crippen LogP contribution is 2.43. The van der Waals surface area contributed by atoms with E-state index < -0.39 is 11.7 Å². The Morgan fingerprint density at radius 3 is 2.42 bits per heavy atom. The van der Waals surface area contributed by atoms with Gasteiger partial charge in [0.15, 0.2) is 0 Å². The van der Waals surface area contributed by atoms with Crippen molar-refractivity contribution in [2.24, 2.45) is 0 Å². The maximum Gasteiger partial charge on any atom is 0.418 e. The monoisotopic (exact) mass is 515 g/mol. The third-order valence-corrected chi connectivity index (χ3v) is 6.91. The van der Waals surface area contributed by atoms with E-state index in [1.807, 2.05) is 30.5 Å². The number of aromatic nitrogens is 3. The molecule has 1 N–H and O–H groups in total. The van der Waals surface area contributed by atoms with Crippen LogP contribution in [0.4, 0.5) is 13.2 Å². The molecular formula is C27H28F3N3O2S. The average molecular weight is 516 g/mol. The van der Waals surface area contributed by atoms with Crippen molar-refractivity contribution in [1.29, 1.82) is 0 Å². The molecule has 0 saturated carbocycles. The molecule has 5 nitrogen and oxygen atoms in total. The molecule has 9 heteroatoms. The van der Waals surface area contributed by atoms with Crippen LogP contribution in [0, 0.1) is 0 Å². The van der Waals surface area contributed by atoms with Gasteiger partial charge in [0.05, 0.1) is 24.3 Å². The summed E-state index contributed by atoms with van der Waals surface area (Å²) in [6.07, 6.45) is -1.17. The number of fused-ring (bicyclic) bond motifs is 1. The molecule has 36 heavy (non-hydrogen) atoms. The Morgan fingerprint density at radius 1 is 1.11 bits per heavy atom. The van der Waals surface area contributed by atoms with Gasteiger partial charge in [-0.1, -0.05) is 44.2 Å². The third-order valence-electron chi connectivity index (χ3n) is 6.15. The average Bonchev–Trinajstić information content (AvgIpc) is 3.22. The maximum atomic E-state index is 14.6. The number of alkyl halides is 3. The number of ether oxygens (including phenoxy) is 1. The van der Waals surface area contributed by atoms with E-state index in [-0.39, 0.29) is 41.9 Å². The van der Waals surface area contributed by atoms with Gasteiger partial charge in [-0.2, -0.15) is 13.2 Å². The van der Waals surface area contributed by atoms with Crippen molar-refractivity contribution in [3.63, 3.8) is 0 Å². The summed E-state index contributed by atoms with van der Waals surface area (Å²) in [5.74, 6) is 0.934. The quantitative estimate of drug-likeness (QED) is 0.270. The van der Waals surface area contributed by atoms with E-state index in [0.29, 0.717) is 27.9 Å². The van der Waals surface area contributed by atoms with Gasteiger partial charge in [0.1, 0.15) is 22.6 Å². The Morgan fingerprint density at radius 2 is 1.83 bits per heavy atom. The van der Waals surface area contributed by atoms with Crippen LogP contribution in [-0.2, 0) is 19.1 Å². The van der Waals surface area contributed by atoms with E-state index >= 15 is 0 Å². The number of hydrogen-bond donors (Lipinski definition) is 1. The maximum absolute atomic E-state index is 14.6. The molecule has 0 aliphatic rings. The number of halogens is 3. The zero-order chi connectivity index (χ0) is 26.0. The fourth-order valence-corrected chi connectivity index (χ4v) is 5.01. The number of pyridine rings is 1. The lowest BCUT2D eigenvalue weighted by Crippen LogP contribution is -2.12. The normalized spacial score (nSPS) is 12.0. The smallest absolute Gasteiger partial charge is 0.418 e. The fourth-order valence-electron chi connectivity index (χ4n) is 4.44. The zero-order valence-corrected chi connectivity index (χ0v) is 21.4. The van der Waals surface area contributed by atoms with Crippen LogP contribution >= 0.6 is 11.8 Å². The van der Waals surface area contributed by atoms with Gasteiger partial charge >= 0.3 is 6.18 Å². The predicted molar refractivity (Wildman–Crippen MR) is 137 cm³/mol. The predicted octanol–water partition coefficient (Wildman–Crippen LogP) is 6.55. The highest BCUT2D eigenvalue weighted by Gasteiger charge is 2.39. The van der Waals surface area contributed by atoms with E-state index in [2.05, 4.69) is 23.8 Å². The summed E-state index contributed by atoms with van der Waals surface area (Å²) in [6, 6.07) is 12.5. The first-order valence-corrected chi connectivity index (χ1v) is 12.8. The van der Waals surface area contributed by atoms with E-state index in [1.165, 1.54) is 24.9 Å². The van der Waals surface area contributed by atoms with Crippen LogP contribution < -0.4 is 4.74 Å². The van der Waals surface area contributed by atoms with Gasteiger partial charge in [0.25, 0.3) is 0 Å². The van der Waals surface area contributed by atoms with Crippen molar-refractivity contribution in [3.8, 4) is 17.1 Å². The van der Waals surface area contributed by atoms with Crippen LogP contribution in [0.25, 0.3) is 22.4 Å². The molecule has 0 bridgehead atoms. The molecule has 190 valence electrons. The molecule has 2 aromatic heterocycles. The first-order chi connectivity index (χ1) is 17.2. The molecule has 0 spiro atoms. The fraction of sp³-hybridized carbons (Fsp3) is 0.333. The van der Waals surface area contributed by atoms with Crippen LogP contribution in [0.2, 0.25) is 0 Å². The number of thioether (sulfide) groups is 1. The molecule has 0 aliphatic carbocycles. The second kappa shape index (κ2) is 10.5. The number of benzene rings is 2. The number of rotatable bonds is 8. The SMILES string of the molecule is COc1cc(Cc2cccnc2SC)c(C(F)(F)F)c2nc(-c3ccc(C(C)C)cc3)n(CCO)c12. The molecule has 0 aliphatic heterocycles. The minimum absolute atomic E-state index is 0.0242. The van der Waals surface area contributed by atoms with E-state index in [4.69, 9.17) is 4.74 Å². The first-order valence-electron chi connectivity index (χ1n) is 11.6. The summed E-state index contributed by atoms with van der Waals surface area (Å²) >= 11 is 1.38. The van der Waals surface area contributed by atoms with Crippen molar-refractivity contribution in [2.75, 3.05) is 20.0 Å². The first kappa shape index (κ1) is 26.0. The van der Waals surface area contributed by atoms with Crippen LogP contribution in [-0.4, -0.2) is 39.6 Å². The van der Waals surface area contributed by atoms with Gasteiger partial charge in [-0.15, -0.1) is 11.8 Å². The van der Waals surface area contributed by atoms with Crippen molar-refractivity contribution < 1.29 is 23.0 Å². The molecule has 0 radical (unpaired) electrons. The topological polar surface area (TPSA) is 60.2 Å². The summed E-state index contributed by atoms with van der Waals surface area (Å²) < 4.78 is 51.0. The van der Waals surface area contributed by atoms with Gasteiger partial charge in [-0.3, -0.25) is 0 Å². The van der Waals surface area contributed by atoms with Crippen molar-refractivity contribution in [1.82, 2.24) is 14.5 Å². The van der Waals surface area contributed by atoms with Crippen LogP contribution in [0.15, 0.2) is 53.7 Å². The number of aliphatic hydroxyl groups is 1. The lowest BCUT2D eigenvalue weighted by atomic mass is 9.98. The summed E-state index contributed by atoms with van der Waals surface area (Å²) in [6.45, 7) is 3.96. The summed E-state index contributed by atoms with van der Waals surface area (Å²) in [5.41, 5.74) is 1.75. The van der Waals surface area contributed by atoms with Gasteiger partial charge < -0.3 is 14.4 Å². The Hall–Kier alpha value is -3.04. The Balaban J connectivity index is 2.01. The molecule has 0 amide bonds. The molecule has 4 aromatic rings. The summed E-state index contributed by atoms with van der Waals surface area (Å²) in [7, 11) is 1.43. The van der Waals surface area contributed by atoms with Gasteiger partial charge in [0.2, 0.25) is 0 Å². The Labute approximate surface area is 212 Å². The number of nitrogens with zero attached hydrogens (tertiary/aromatic N) is 3. The van der Waals surface area contributed by atoms with Crippen molar-refractivity contribution >= 4 is 22.8 Å². The largest absolute Gasteiger partial charge is 0.494 e. The zero-order valence-electron chi connectivity index (χ0n) is 20.6. The van der Waals surface area contributed by atoms with E-state index in [9.17, 15) is 18.3 Å². The molecule has 0 fully saturated rings. The van der Waals surface area contributed by atoms with Crippen LogP contribution in [0.1, 0.15) is 42.0 Å². The lowest BCUT2D eigenvalue weighted by Gasteiger charge is -2.17. The second-order valence-corrected chi connectivity index (χ2v) is 9.54. The molecule has 0 atom stereocenters. The minimum Gasteiger partial charge on any atom is -0.494 e. The van der Waals surface area contributed by atoms with E-state index in [0.717, 1.165) is 5.56 Å². The minimum atomic E-state index is -4.65.